The zero-order valence-corrected chi connectivity index (χ0v) is 12.2. The van der Waals surface area contributed by atoms with Gasteiger partial charge in [-0.2, -0.15) is 0 Å². The van der Waals surface area contributed by atoms with E-state index >= 15 is 0 Å². The number of nitrogens with one attached hydrogen (secondary N) is 1. The highest BCUT2D eigenvalue weighted by Gasteiger charge is 2.27. The van der Waals surface area contributed by atoms with Crippen molar-refractivity contribution in [3.63, 3.8) is 0 Å². The third-order valence-corrected chi connectivity index (χ3v) is 5.91. The van der Waals surface area contributed by atoms with Crippen molar-refractivity contribution in [1.82, 2.24) is 15.1 Å². The first-order valence-electron chi connectivity index (χ1n) is 6.79. The molecule has 2 saturated heterocycles. The standard InChI is InChI=1S/C12H25N3O2S/c1-14-5-6-15(2)12(9-14)8-13-11-4-3-7-18(16,17)10-11/h11-13H,3-10H2,1-2H3. The SMILES string of the molecule is CN1CCN(C)C(CNC2CCCS(=O)(=O)C2)C1. The van der Waals surface area contributed by atoms with Crippen molar-refractivity contribution in [1.29, 1.82) is 0 Å². The molecule has 2 fully saturated rings. The number of likely N-dealkylation sites (N-methyl/N-ethyl adjacent to an activating group) is 2. The molecule has 6 heteroatoms. The minimum absolute atomic E-state index is 0.157. The Labute approximate surface area is 110 Å². The van der Waals surface area contributed by atoms with Gasteiger partial charge < -0.3 is 10.2 Å². The zero-order valence-electron chi connectivity index (χ0n) is 11.4. The fraction of sp³-hybridized carbons (Fsp3) is 1.00. The van der Waals surface area contributed by atoms with Crippen LogP contribution in [0.25, 0.3) is 0 Å². The van der Waals surface area contributed by atoms with Crippen LogP contribution in [0.4, 0.5) is 0 Å². The lowest BCUT2D eigenvalue weighted by Gasteiger charge is -2.38. The van der Waals surface area contributed by atoms with Crippen molar-refractivity contribution >= 4 is 9.84 Å². The van der Waals surface area contributed by atoms with E-state index in [1.54, 1.807) is 0 Å². The van der Waals surface area contributed by atoms with Crippen molar-refractivity contribution in [3.8, 4) is 0 Å². The molecular weight excluding hydrogens is 250 g/mol. The largest absolute Gasteiger partial charge is 0.311 e. The van der Waals surface area contributed by atoms with Gasteiger partial charge in [-0.3, -0.25) is 4.90 Å². The van der Waals surface area contributed by atoms with Crippen molar-refractivity contribution < 1.29 is 8.42 Å². The Kier molecular flexibility index (Phi) is 4.64. The molecule has 2 unspecified atom stereocenters. The molecule has 0 aromatic carbocycles. The second-order valence-electron chi connectivity index (χ2n) is 5.76. The first-order chi connectivity index (χ1) is 8.46. The first kappa shape index (κ1) is 14.2. The van der Waals surface area contributed by atoms with Gasteiger partial charge in [0, 0.05) is 38.3 Å². The molecule has 2 heterocycles. The molecule has 0 aromatic heterocycles. The normalized spacial score (nSPS) is 34.6. The Hall–Kier alpha value is -0.170. The molecule has 0 amide bonds. The summed E-state index contributed by atoms with van der Waals surface area (Å²) in [7, 11) is 1.50. The van der Waals surface area contributed by atoms with Gasteiger partial charge in [-0.25, -0.2) is 8.42 Å². The fourth-order valence-corrected chi connectivity index (χ4v) is 4.48. The van der Waals surface area contributed by atoms with E-state index in [0.717, 1.165) is 39.0 Å². The second kappa shape index (κ2) is 5.86. The third-order valence-electron chi connectivity index (χ3n) is 4.09. The van der Waals surface area contributed by atoms with E-state index in [-0.39, 0.29) is 6.04 Å². The van der Waals surface area contributed by atoms with Gasteiger partial charge in [0.15, 0.2) is 9.84 Å². The first-order valence-corrected chi connectivity index (χ1v) is 8.61. The summed E-state index contributed by atoms with van der Waals surface area (Å²) in [6, 6.07) is 0.651. The predicted molar refractivity (Wildman–Crippen MR) is 73.6 cm³/mol. The van der Waals surface area contributed by atoms with E-state index in [9.17, 15) is 8.42 Å². The molecular formula is C12H25N3O2S. The van der Waals surface area contributed by atoms with Crippen LogP contribution in [0, 0.1) is 0 Å². The van der Waals surface area contributed by atoms with Gasteiger partial charge in [-0.05, 0) is 26.9 Å². The Morgan fingerprint density at radius 3 is 2.78 bits per heavy atom. The summed E-state index contributed by atoms with van der Waals surface area (Å²) < 4.78 is 23.1. The van der Waals surface area contributed by atoms with Crippen molar-refractivity contribution in [3.05, 3.63) is 0 Å². The lowest BCUT2D eigenvalue weighted by Crippen LogP contribution is -2.55. The molecule has 5 nitrogen and oxygen atoms in total. The quantitative estimate of drug-likeness (QED) is 0.745. The molecule has 2 atom stereocenters. The maximum atomic E-state index is 11.6. The Morgan fingerprint density at radius 1 is 1.28 bits per heavy atom. The minimum Gasteiger partial charge on any atom is -0.311 e. The molecule has 0 saturated carbocycles. The molecule has 2 aliphatic rings. The van der Waals surface area contributed by atoms with Gasteiger partial charge in [0.05, 0.1) is 11.5 Å². The molecule has 18 heavy (non-hydrogen) atoms. The summed E-state index contributed by atoms with van der Waals surface area (Å²) in [5.74, 6) is 0.691. The lowest BCUT2D eigenvalue weighted by atomic mass is 10.1. The van der Waals surface area contributed by atoms with Gasteiger partial charge in [-0.1, -0.05) is 0 Å². The van der Waals surface area contributed by atoms with Gasteiger partial charge >= 0.3 is 0 Å². The van der Waals surface area contributed by atoms with E-state index < -0.39 is 9.84 Å². The number of rotatable bonds is 3. The monoisotopic (exact) mass is 275 g/mol. The summed E-state index contributed by atoms with van der Waals surface area (Å²) >= 11 is 0. The van der Waals surface area contributed by atoms with E-state index in [1.807, 2.05) is 0 Å². The van der Waals surface area contributed by atoms with E-state index in [2.05, 4.69) is 29.2 Å². The smallest absolute Gasteiger partial charge is 0.151 e. The van der Waals surface area contributed by atoms with Crippen LogP contribution < -0.4 is 5.32 Å². The van der Waals surface area contributed by atoms with Gasteiger partial charge in [-0.15, -0.1) is 0 Å². The minimum atomic E-state index is -2.80. The van der Waals surface area contributed by atoms with Crippen LogP contribution in [0.2, 0.25) is 0 Å². The Balaban J connectivity index is 1.80. The topological polar surface area (TPSA) is 52.6 Å². The number of hydrogen-bond acceptors (Lipinski definition) is 5. The molecule has 2 rings (SSSR count). The molecule has 0 bridgehead atoms. The van der Waals surface area contributed by atoms with Crippen molar-refractivity contribution in [2.45, 2.75) is 24.9 Å². The number of sulfone groups is 1. The maximum Gasteiger partial charge on any atom is 0.151 e. The average molecular weight is 275 g/mol. The summed E-state index contributed by atoms with van der Waals surface area (Å²) in [4.78, 5) is 4.70. The molecule has 1 N–H and O–H groups in total. The van der Waals surface area contributed by atoms with E-state index in [1.165, 1.54) is 0 Å². The third kappa shape index (κ3) is 3.91. The van der Waals surface area contributed by atoms with Crippen LogP contribution in [0.15, 0.2) is 0 Å². The molecule has 106 valence electrons. The fourth-order valence-electron chi connectivity index (χ4n) is 2.81. The molecule has 2 aliphatic heterocycles. The summed E-state index contributed by atoms with van der Waals surface area (Å²) in [6.45, 7) is 4.15. The van der Waals surface area contributed by atoms with Crippen LogP contribution >= 0.6 is 0 Å². The van der Waals surface area contributed by atoms with Crippen LogP contribution in [-0.2, 0) is 9.84 Å². The molecule has 0 aliphatic carbocycles. The van der Waals surface area contributed by atoms with Gasteiger partial charge in [0.1, 0.15) is 0 Å². The molecule has 0 spiro atoms. The van der Waals surface area contributed by atoms with Crippen LogP contribution in [0.3, 0.4) is 0 Å². The van der Waals surface area contributed by atoms with Gasteiger partial charge in [0.25, 0.3) is 0 Å². The van der Waals surface area contributed by atoms with Crippen LogP contribution in [0.1, 0.15) is 12.8 Å². The van der Waals surface area contributed by atoms with E-state index in [0.29, 0.717) is 17.5 Å². The Bertz CT molecular complexity index is 372. The summed E-state index contributed by atoms with van der Waals surface area (Å²) in [6.07, 6.45) is 1.80. The average Bonchev–Trinajstić information content (AvgIpc) is 2.29. The highest BCUT2D eigenvalue weighted by atomic mass is 32.2. The van der Waals surface area contributed by atoms with Crippen LogP contribution in [0.5, 0.6) is 0 Å². The molecule has 0 radical (unpaired) electrons. The van der Waals surface area contributed by atoms with Crippen molar-refractivity contribution in [2.75, 3.05) is 51.8 Å². The van der Waals surface area contributed by atoms with Gasteiger partial charge in [0.2, 0.25) is 0 Å². The number of piperazine rings is 1. The summed E-state index contributed by atoms with van der Waals surface area (Å²) in [5.41, 5.74) is 0. The molecule has 0 aromatic rings. The second-order valence-corrected chi connectivity index (χ2v) is 7.99. The highest BCUT2D eigenvalue weighted by Crippen LogP contribution is 2.13. The zero-order chi connectivity index (χ0) is 13.2. The highest BCUT2D eigenvalue weighted by molar-refractivity contribution is 7.91. The Morgan fingerprint density at radius 2 is 2.06 bits per heavy atom. The number of hydrogen-bond donors (Lipinski definition) is 1. The predicted octanol–water partition coefficient (Wildman–Crippen LogP) is -0.601. The maximum absolute atomic E-state index is 11.6. The summed E-state index contributed by atoms with van der Waals surface area (Å²) in [5, 5.41) is 3.45. The van der Waals surface area contributed by atoms with Crippen molar-refractivity contribution in [2.24, 2.45) is 0 Å². The van der Waals surface area contributed by atoms with E-state index in [4.69, 9.17) is 0 Å². The van der Waals surface area contributed by atoms with Crippen LogP contribution in [-0.4, -0.2) is 82.1 Å². The lowest BCUT2D eigenvalue weighted by molar-refractivity contribution is 0.111. The number of nitrogens with zero attached hydrogens (tertiary/aromatic N) is 2.